The Morgan fingerprint density at radius 2 is 0.778 bits per heavy atom. The topological polar surface area (TPSA) is 184 Å². The van der Waals surface area contributed by atoms with Crippen LogP contribution in [0.25, 0.3) is 0 Å². The zero-order valence-corrected chi connectivity index (χ0v) is 40.2. The lowest BCUT2D eigenvalue weighted by Crippen LogP contribution is -2.77. The summed E-state index contributed by atoms with van der Waals surface area (Å²) < 4.78 is 0. The van der Waals surface area contributed by atoms with Gasteiger partial charge in [-0.25, -0.2) is 0 Å². The Bertz CT molecular complexity index is 1000. The van der Waals surface area contributed by atoms with Crippen molar-refractivity contribution < 1.29 is 9.59 Å². The third-order valence-corrected chi connectivity index (χ3v) is 14.3. The number of nitrogens with two attached hydrogens (primary N) is 2. The van der Waals surface area contributed by atoms with Gasteiger partial charge < -0.3 is 22.1 Å². The van der Waals surface area contributed by atoms with E-state index in [9.17, 15) is 0 Å². The number of aldehydes is 2. The number of unbranched alkanes of at least 4 members (excludes halogenated alkanes) is 1. The summed E-state index contributed by atoms with van der Waals surface area (Å²) in [5, 5.41) is 21.8. The van der Waals surface area contributed by atoms with Gasteiger partial charge in [-0.05, 0) is 51.6 Å². The Kier molecular flexibility index (Phi) is 27.8. The number of rotatable bonds is 11. The summed E-state index contributed by atoms with van der Waals surface area (Å²) in [5.41, 5.74) is 10.6. The van der Waals surface area contributed by atoms with Crippen molar-refractivity contribution in [2.45, 2.75) is 96.3 Å². The zero-order chi connectivity index (χ0) is 43.8. The van der Waals surface area contributed by atoms with Crippen LogP contribution >= 0.6 is 15.9 Å². The number of alkyl halides is 1. The maximum atomic E-state index is 8.81. The molecule has 0 aromatic rings. The van der Waals surface area contributed by atoms with Gasteiger partial charge >= 0.3 is 0 Å². The molecule has 0 atom stereocenters. The number of halogens is 1. The molecule has 19 heteroatoms. The minimum Gasteiger partial charge on any atom is -0.329 e. The van der Waals surface area contributed by atoms with E-state index in [1.807, 2.05) is 0 Å². The molecule has 10 saturated heterocycles. The fourth-order valence-electron chi connectivity index (χ4n) is 10.9. The molecule has 0 unspecified atom stereocenters. The largest absolute Gasteiger partial charge is 0.329 e. The van der Waals surface area contributed by atoms with Gasteiger partial charge in [0.2, 0.25) is 0 Å². The van der Waals surface area contributed by atoms with Crippen molar-refractivity contribution in [3.8, 4) is 0 Å². The lowest BCUT2D eigenvalue weighted by Gasteiger charge is -2.61. The number of carbonyl (C=O) groups is 2. The molecule has 10 rings (SSSR count). The van der Waals surface area contributed by atoms with Crippen LogP contribution in [0.4, 0.5) is 0 Å². The smallest absolute Gasteiger partial charge is 0.182 e. The zero-order valence-electron chi connectivity index (χ0n) is 38.6. The van der Waals surface area contributed by atoms with Gasteiger partial charge in [0, 0.05) is 162 Å². The summed E-state index contributed by atoms with van der Waals surface area (Å²) in [6.07, 6.45) is 13.3. The van der Waals surface area contributed by atoms with Crippen LogP contribution in [-0.4, -0.2) is 264 Å². The second-order valence-corrected chi connectivity index (χ2v) is 18.7. The molecule has 10 fully saturated rings. The van der Waals surface area contributed by atoms with Crippen molar-refractivity contribution in [3.63, 3.8) is 0 Å². The molecule has 0 aromatic carbocycles. The van der Waals surface area contributed by atoms with Crippen LogP contribution in [0.15, 0.2) is 0 Å². The molecule has 0 amide bonds. The number of nitrogens with zero attached hydrogens (tertiary/aromatic N) is 8. The number of carbonyl (C=O) groups excluding carboxylic acids is 2. The maximum Gasteiger partial charge on any atom is 0.182 e. The first-order chi connectivity index (χ1) is 30.6. The molecule has 10 heterocycles. The quantitative estimate of drug-likeness (QED) is 0.0496. The van der Waals surface area contributed by atoms with E-state index in [4.69, 9.17) is 21.1 Å². The summed E-state index contributed by atoms with van der Waals surface area (Å²) in [5.74, 6) is 0. The van der Waals surface area contributed by atoms with Crippen molar-refractivity contribution in [2.75, 3.05) is 175 Å². The second-order valence-electron chi connectivity index (χ2n) is 17.9. The standard InChI is InChI=1S/C12H22N4.2C9H18N4.C7H20N4.C4H9Br.C2H2O2.CH4/c1-3-13-7-9-15-5-2-6-16-10-8-14(4-1)11(13)12(15)16;2*1-4-12-6-2-10-8-9(12)13(5-1)7-3-11-8;8-2-6-10-4-1-5-11-7-3-9;1-2-3-4-5;3-1-2-4;/h11-12H,1-10H2;2*8-11H,1-7H2;10-11H,1-9H2;2-4H2,1H3;1-2H;1H4. The maximum absolute atomic E-state index is 8.81. The average molecular weight is 958 g/mol. The molecular weight excluding hydrogens is 864 g/mol. The van der Waals surface area contributed by atoms with E-state index in [1.165, 1.54) is 143 Å². The Morgan fingerprint density at radius 3 is 1.02 bits per heavy atom. The minimum atomic E-state index is 0. The van der Waals surface area contributed by atoms with Gasteiger partial charge in [0.05, 0.1) is 37.0 Å². The van der Waals surface area contributed by atoms with Crippen LogP contribution in [0.2, 0.25) is 0 Å². The van der Waals surface area contributed by atoms with Crippen molar-refractivity contribution in [3.05, 3.63) is 0 Å². The molecule has 0 radical (unpaired) electrons. The van der Waals surface area contributed by atoms with Crippen molar-refractivity contribution in [1.29, 1.82) is 0 Å². The van der Waals surface area contributed by atoms with E-state index in [-0.39, 0.29) is 20.0 Å². The first-order valence-corrected chi connectivity index (χ1v) is 25.8. The van der Waals surface area contributed by atoms with E-state index in [1.54, 1.807) is 0 Å². The van der Waals surface area contributed by atoms with Crippen LogP contribution in [-0.2, 0) is 9.59 Å². The highest BCUT2D eigenvalue weighted by Crippen LogP contribution is 2.32. The molecule has 10 aliphatic rings. The molecule has 18 nitrogen and oxygen atoms in total. The van der Waals surface area contributed by atoms with E-state index in [0.29, 0.717) is 24.7 Å². The van der Waals surface area contributed by atoms with Gasteiger partial charge in [-0.3, -0.25) is 70.1 Å². The lowest BCUT2D eigenvalue weighted by atomic mass is 10.0. The fraction of sp³-hybridized carbons (Fsp3) is 0.955. The second kappa shape index (κ2) is 32.0. The molecule has 0 saturated carbocycles. The van der Waals surface area contributed by atoms with Gasteiger partial charge in [0.25, 0.3) is 0 Å². The van der Waals surface area contributed by atoms with Crippen LogP contribution in [0.5, 0.6) is 0 Å². The molecule has 0 spiro atoms. The number of piperazine rings is 6. The predicted molar refractivity (Wildman–Crippen MR) is 262 cm³/mol. The first kappa shape index (κ1) is 54.8. The highest BCUT2D eigenvalue weighted by atomic mass is 79.9. The number of hydrogen-bond acceptors (Lipinski definition) is 18. The van der Waals surface area contributed by atoms with E-state index in [0.717, 1.165) is 89.5 Å². The molecule has 0 aliphatic carbocycles. The predicted octanol–water partition coefficient (Wildman–Crippen LogP) is -1.94. The van der Waals surface area contributed by atoms with Crippen LogP contribution < -0.4 is 43.4 Å². The summed E-state index contributed by atoms with van der Waals surface area (Å²) >= 11 is 3.31. The van der Waals surface area contributed by atoms with Crippen LogP contribution in [0.3, 0.4) is 0 Å². The molecule has 63 heavy (non-hydrogen) atoms. The third kappa shape index (κ3) is 17.0. The highest BCUT2D eigenvalue weighted by molar-refractivity contribution is 9.09. The average Bonchev–Trinajstić information content (AvgIpc) is 3.32. The van der Waals surface area contributed by atoms with Gasteiger partial charge in [0.1, 0.15) is 0 Å². The van der Waals surface area contributed by atoms with Gasteiger partial charge in [-0.1, -0.05) is 36.7 Å². The van der Waals surface area contributed by atoms with Crippen molar-refractivity contribution >= 4 is 28.5 Å². The number of hydrogen-bond donors (Lipinski definition) is 8. The molecule has 368 valence electrons. The molecule has 0 aromatic heterocycles. The van der Waals surface area contributed by atoms with E-state index >= 15 is 0 Å². The highest BCUT2D eigenvalue weighted by Gasteiger charge is 2.48. The molecular formula is C44H93BrN16O2. The lowest BCUT2D eigenvalue weighted by molar-refractivity contribution is -0.179. The van der Waals surface area contributed by atoms with E-state index < -0.39 is 0 Å². The summed E-state index contributed by atoms with van der Waals surface area (Å²) in [7, 11) is 0. The monoisotopic (exact) mass is 957 g/mol. The Labute approximate surface area is 391 Å². The van der Waals surface area contributed by atoms with Crippen molar-refractivity contribution in [1.82, 2.24) is 71.1 Å². The Morgan fingerprint density at radius 1 is 0.476 bits per heavy atom. The SMILES string of the molecule is C.C1CN2CCN3CCCN4CCN(C1)C2C34.C1CN2CCNC3NCCN(C1)C32.C1CN2CCNC3NCCN(C1)C32.CCCCBr.NCCNCCCNCCN.O=CC=O. The van der Waals surface area contributed by atoms with Gasteiger partial charge in [-0.15, -0.1) is 0 Å². The van der Waals surface area contributed by atoms with E-state index in [2.05, 4.69) is 94.0 Å². The number of nitrogens with one attached hydrogen (secondary N) is 6. The minimum absolute atomic E-state index is 0. The molecule has 0 bridgehead atoms. The third-order valence-electron chi connectivity index (χ3n) is 13.7. The Balaban J connectivity index is 0.000000174. The normalized spacial score (nSPS) is 30.6. The summed E-state index contributed by atoms with van der Waals surface area (Å²) in [4.78, 5) is 39.1. The van der Waals surface area contributed by atoms with Crippen LogP contribution in [0, 0.1) is 0 Å². The summed E-state index contributed by atoms with van der Waals surface area (Å²) in [6, 6.07) is 0. The first-order valence-electron chi connectivity index (χ1n) is 24.7. The summed E-state index contributed by atoms with van der Waals surface area (Å²) in [6.45, 7) is 32.7. The fourth-order valence-corrected chi connectivity index (χ4v) is 11.5. The molecule has 10 aliphatic heterocycles. The van der Waals surface area contributed by atoms with Gasteiger partial charge in [-0.2, -0.15) is 0 Å². The molecule has 10 N–H and O–H groups in total. The van der Waals surface area contributed by atoms with Crippen molar-refractivity contribution in [2.24, 2.45) is 11.5 Å². The Hall–Kier alpha value is -0.820. The van der Waals surface area contributed by atoms with Gasteiger partial charge in [0.15, 0.2) is 12.6 Å². The van der Waals surface area contributed by atoms with Crippen LogP contribution in [0.1, 0.15) is 59.3 Å².